The summed E-state index contributed by atoms with van der Waals surface area (Å²) in [4.78, 5) is 41.3. The van der Waals surface area contributed by atoms with E-state index >= 15 is 0 Å². The summed E-state index contributed by atoms with van der Waals surface area (Å²) in [7, 11) is -8.89. The molecule has 0 atom stereocenters. The first-order valence-electron chi connectivity index (χ1n) is 6.66. The maximum Gasteiger partial charge on any atom is 2.00 e. The Morgan fingerprint density at radius 1 is 0.615 bits per heavy atom. The second kappa shape index (κ2) is 12.4. The molecule has 12 heteroatoms. The third kappa shape index (κ3) is 14.0. The first-order valence-corrected chi connectivity index (χ1v) is 10.1. The van der Waals surface area contributed by atoms with Gasteiger partial charge in [-0.1, -0.05) is 39.5 Å². The molecule has 0 bridgehead atoms. The Hall–Kier alpha value is -0.128. The van der Waals surface area contributed by atoms with E-state index in [1.54, 1.807) is 24.3 Å². The Morgan fingerprint density at radius 3 is 1.04 bits per heavy atom. The van der Waals surface area contributed by atoms with Gasteiger partial charge in [-0.05, 0) is 35.4 Å². The summed E-state index contributed by atoms with van der Waals surface area (Å²) in [5, 5.41) is 0. The maximum absolute atomic E-state index is 10.3. The summed E-state index contributed by atoms with van der Waals surface area (Å²) in [6, 6.07) is 12.3. The predicted molar refractivity (Wildman–Crippen MR) is 95.8 cm³/mol. The molecule has 2 aromatic rings. The van der Waals surface area contributed by atoms with Crippen LogP contribution in [-0.2, 0) is 21.5 Å². The quantitative estimate of drug-likeness (QED) is 0.345. The van der Waals surface area contributed by atoms with Gasteiger partial charge in [0.1, 0.15) is 0 Å². The van der Waals surface area contributed by atoms with Gasteiger partial charge in [0, 0.05) is 23.7 Å². The van der Waals surface area contributed by atoms with Gasteiger partial charge in [0.25, 0.3) is 0 Å². The van der Waals surface area contributed by atoms with Gasteiger partial charge in [0.15, 0.2) is 0 Å². The Kier molecular flexibility index (Phi) is 13.3. The molecule has 0 aliphatic rings. The number of nitrogen functional groups attached to an aromatic ring is 2. The summed E-state index contributed by atoms with van der Waals surface area (Å²) in [5.74, 6) is 0. The number of rotatable bonds is 4. The Balaban J connectivity index is 0. The van der Waals surface area contributed by atoms with Crippen molar-refractivity contribution in [2.24, 2.45) is 0 Å². The van der Waals surface area contributed by atoms with E-state index in [1.165, 1.54) is 24.3 Å². The molecular weight excluding hydrogens is 403 g/mol. The summed E-state index contributed by atoms with van der Waals surface area (Å²) >= 11 is 0. The summed E-state index contributed by atoms with van der Waals surface area (Å²) < 4.78 is 20.7. The van der Waals surface area contributed by atoms with E-state index in [0.29, 0.717) is 22.5 Å². The normalized spacial score (nSPS) is 10.6. The zero-order chi connectivity index (χ0) is 18.4. The molecule has 0 fully saturated rings. The minimum absolute atomic E-state index is 0. The van der Waals surface area contributed by atoms with E-state index in [9.17, 15) is 28.7 Å². The van der Waals surface area contributed by atoms with Gasteiger partial charge in [-0.2, -0.15) is 0 Å². The van der Waals surface area contributed by atoms with Gasteiger partial charge in [-0.3, -0.25) is 0 Å². The summed E-state index contributed by atoms with van der Waals surface area (Å²) in [6.45, 7) is 0. The fourth-order valence-electron chi connectivity index (χ4n) is 1.69. The van der Waals surface area contributed by atoms with Gasteiger partial charge in [0.2, 0.25) is 0 Å². The molecule has 8 nitrogen and oxygen atoms in total. The molecule has 2 aromatic carbocycles. The van der Waals surface area contributed by atoms with Crippen LogP contribution in [0.2, 0.25) is 0 Å². The molecule has 0 aromatic heterocycles. The third-order valence-corrected chi connectivity index (χ3v) is 4.22. The van der Waals surface area contributed by atoms with Gasteiger partial charge in [0.05, 0.1) is 0 Å². The summed E-state index contributed by atoms with van der Waals surface area (Å²) in [5.41, 5.74) is 12.8. The first kappa shape index (κ1) is 28.1. The average Bonchev–Trinajstić information content (AvgIpc) is 2.42. The predicted octanol–water partition coefficient (Wildman–Crippen LogP) is -1.40. The van der Waals surface area contributed by atoms with Crippen LogP contribution < -0.4 is 31.0 Å². The van der Waals surface area contributed by atoms with Crippen LogP contribution in [0.15, 0.2) is 48.5 Å². The summed E-state index contributed by atoms with van der Waals surface area (Å²) in [6.07, 6.45) is -0.902. The van der Waals surface area contributed by atoms with Crippen molar-refractivity contribution in [2.45, 2.75) is 12.3 Å². The Labute approximate surface area is 184 Å². The minimum Gasteiger partial charge on any atom is -0.810 e. The number of anilines is 2. The molecule has 2 rings (SSSR count). The number of hydrogen-bond acceptors (Lipinski definition) is 8. The Bertz CT molecular complexity index is 682. The largest absolute Gasteiger partial charge is 2.00 e. The van der Waals surface area contributed by atoms with Crippen LogP contribution in [0.25, 0.3) is 0 Å². The molecule has 0 amide bonds. The smallest absolute Gasteiger partial charge is 0.810 e. The van der Waals surface area contributed by atoms with Crippen molar-refractivity contribution in [1.82, 2.24) is 0 Å². The molecule has 26 heavy (non-hydrogen) atoms. The van der Waals surface area contributed by atoms with Crippen molar-refractivity contribution in [1.29, 1.82) is 0 Å². The van der Waals surface area contributed by atoms with Crippen molar-refractivity contribution in [3.63, 3.8) is 0 Å². The fourth-order valence-corrected chi connectivity index (χ4v) is 3.01. The van der Waals surface area contributed by atoms with Gasteiger partial charge in [-0.15, -0.1) is 0 Å². The van der Waals surface area contributed by atoms with Crippen LogP contribution in [0, 0.1) is 0 Å². The van der Waals surface area contributed by atoms with Crippen molar-refractivity contribution in [2.75, 3.05) is 11.5 Å². The van der Waals surface area contributed by atoms with E-state index < -0.39 is 27.5 Å². The van der Waals surface area contributed by atoms with Crippen LogP contribution in [-0.4, -0.2) is 46.1 Å². The maximum atomic E-state index is 10.3. The van der Waals surface area contributed by atoms with E-state index in [4.69, 9.17) is 11.5 Å². The molecular formula is C14H16Mg2N2O6P2. The van der Waals surface area contributed by atoms with Crippen LogP contribution in [0.1, 0.15) is 11.1 Å². The monoisotopic (exact) mass is 418 g/mol. The molecule has 0 unspecified atom stereocenters. The van der Waals surface area contributed by atoms with Crippen LogP contribution in [0.5, 0.6) is 0 Å². The molecule has 0 saturated carbocycles. The Morgan fingerprint density at radius 2 is 0.846 bits per heavy atom. The standard InChI is InChI=1S/2C7H10NO3P.2Mg/c2*8-7-3-1-6(2-4-7)5-12(9,10)11;;/h2*1-4H,5,8H2,(H2,9,10,11);;/q;;2*+2/p-4. The van der Waals surface area contributed by atoms with Crippen molar-refractivity contribution >= 4 is 72.7 Å². The van der Waals surface area contributed by atoms with E-state index in [1.807, 2.05) is 0 Å². The molecule has 132 valence electrons. The topological polar surface area (TPSA) is 178 Å². The van der Waals surface area contributed by atoms with E-state index in [2.05, 4.69) is 0 Å². The van der Waals surface area contributed by atoms with Crippen molar-refractivity contribution in [3.05, 3.63) is 59.7 Å². The molecule has 0 aliphatic heterocycles. The second-order valence-corrected chi connectivity index (χ2v) is 8.10. The number of benzene rings is 2. The fraction of sp³-hybridized carbons (Fsp3) is 0.143. The minimum atomic E-state index is -4.44. The molecule has 0 heterocycles. The van der Waals surface area contributed by atoms with Crippen LogP contribution >= 0.6 is 15.2 Å². The van der Waals surface area contributed by atoms with Crippen molar-refractivity contribution < 1.29 is 28.7 Å². The zero-order valence-corrected chi connectivity index (χ0v) is 18.6. The van der Waals surface area contributed by atoms with E-state index in [-0.39, 0.29) is 46.1 Å². The SMILES string of the molecule is Nc1ccc(CP(=O)([O-])[O-])cc1.Nc1ccc(CP(=O)([O-])[O-])cc1.[Mg+2].[Mg+2]. The van der Waals surface area contributed by atoms with Gasteiger partial charge >= 0.3 is 46.1 Å². The molecule has 0 saturated heterocycles. The number of hydrogen-bond donors (Lipinski definition) is 2. The average molecular weight is 419 g/mol. The molecule has 4 N–H and O–H groups in total. The van der Waals surface area contributed by atoms with Crippen molar-refractivity contribution in [3.8, 4) is 0 Å². The molecule has 0 spiro atoms. The van der Waals surface area contributed by atoms with Crippen LogP contribution in [0.4, 0.5) is 11.4 Å². The molecule has 0 aliphatic carbocycles. The van der Waals surface area contributed by atoms with Gasteiger partial charge in [-0.25, -0.2) is 0 Å². The first-order chi connectivity index (χ1) is 10.9. The zero-order valence-electron chi connectivity index (χ0n) is 13.9. The third-order valence-electron chi connectivity index (χ3n) is 2.71. The van der Waals surface area contributed by atoms with Crippen LogP contribution in [0.3, 0.4) is 0 Å². The molecule has 0 radical (unpaired) electrons. The van der Waals surface area contributed by atoms with Gasteiger partial charge < -0.3 is 40.2 Å². The van der Waals surface area contributed by atoms with E-state index in [0.717, 1.165) is 0 Å². The second-order valence-electron chi connectivity index (χ2n) is 5.02. The number of nitrogens with two attached hydrogens (primary N) is 2.